The van der Waals surface area contributed by atoms with Crippen LogP contribution in [-0.4, -0.2) is 32.1 Å². The maximum atomic E-state index is 11.8. The molecule has 1 rings (SSSR count). The van der Waals surface area contributed by atoms with Crippen LogP contribution in [0.25, 0.3) is 0 Å². The van der Waals surface area contributed by atoms with E-state index in [1.165, 1.54) is 0 Å². The van der Waals surface area contributed by atoms with Crippen LogP contribution in [0.4, 0.5) is 8.78 Å². The van der Waals surface area contributed by atoms with Crippen molar-refractivity contribution in [2.75, 3.05) is 19.8 Å². The van der Waals surface area contributed by atoms with Gasteiger partial charge in [-0.15, -0.1) is 0 Å². The molecule has 0 aromatic heterocycles. The molecule has 0 saturated heterocycles. The third-order valence-electron chi connectivity index (χ3n) is 2.36. The van der Waals surface area contributed by atoms with E-state index >= 15 is 0 Å². The van der Waals surface area contributed by atoms with E-state index in [9.17, 15) is 13.6 Å². The van der Waals surface area contributed by atoms with Gasteiger partial charge < -0.3 is 10.1 Å². The smallest absolute Gasteiger partial charge is 0.261 e. The van der Waals surface area contributed by atoms with Crippen molar-refractivity contribution < 1.29 is 18.3 Å². The number of hydrogen-bond acceptors (Lipinski definition) is 2. The van der Waals surface area contributed by atoms with Crippen LogP contribution in [0, 0.1) is 0 Å². The third kappa shape index (κ3) is 7.22. The molecule has 6 heteroatoms. The van der Waals surface area contributed by atoms with Crippen LogP contribution in [0.1, 0.15) is 16.8 Å². The number of alkyl halides is 3. The molecule has 1 N–H and O–H groups in total. The molecule has 19 heavy (non-hydrogen) atoms. The van der Waals surface area contributed by atoms with E-state index in [2.05, 4.69) is 26.0 Å². The Bertz CT molecular complexity index is 376. The third-order valence-corrected chi connectivity index (χ3v) is 3.21. The predicted molar refractivity (Wildman–Crippen MR) is 72.6 cm³/mol. The molecule has 3 nitrogen and oxygen atoms in total. The molecule has 0 saturated carbocycles. The van der Waals surface area contributed by atoms with Crippen LogP contribution in [-0.2, 0) is 9.53 Å². The number of benzene rings is 1. The highest BCUT2D eigenvalue weighted by Crippen LogP contribution is 2.20. The number of carbonyl (C=O) groups excluding carboxylic acids is 1. The fraction of sp³-hybridized carbons (Fsp3) is 0.462. The lowest BCUT2D eigenvalue weighted by Gasteiger charge is -2.11. The molecular weight excluding hydrogens is 320 g/mol. The van der Waals surface area contributed by atoms with Gasteiger partial charge in [0.15, 0.2) is 0 Å². The normalized spacial score (nSPS) is 12.4. The van der Waals surface area contributed by atoms with Crippen LogP contribution in [0.2, 0.25) is 0 Å². The molecular formula is C13H16BrF2NO2. The van der Waals surface area contributed by atoms with E-state index in [-0.39, 0.29) is 23.8 Å². The summed E-state index contributed by atoms with van der Waals surface area (Å²) in [6.07, 6.45) is -2.41. The number of nitrogens with one attached hydrogen (secondary N) is 1. The van der Waals surface area contributed by atoms with Gasteiger partial charge in [-0.25, -0.2) is 8.78 Å². The van der Waals surface area contributed by atoms with Crippen molar-refractivity contribution in [1.82, 2.24) is 5.32 Å². The van der Waals surface area contributed by atoms with Gasteiger partial charge in [-0.3, -0.25) is 4.79 Å². The van der Waals surface area contributed by atoms with Crippen molar-refractivity contribution in [3.05, 3.63) is 35.9 Å². The first-order valence-corrected chi connectivity index (χ1v) is 6.82. The van der Waals surface area contributed by atoms with Gasteiger partial charge in [0.05, 0.1) is 11.4 Å². The quantitative estimate of drug-likeness (QED) is 0.586. The summed E-state index contributed by atoms with van der Waals surface area (Å²) in [5, 5.41) is 2.72. The Kier molecular flexibility index (Phi) is 7.59. The summed E-state index contributed by atoms with van der Waals surface area (Å²) in [7, 11) is 0. The second-order valence-corrected chi connectivity index (χ2v) is 5.00. The molecule has 1 unspecified atom stereocenters. The number of carbonyl (C=O) groups is 1. The van der Waals surface area contributed by atoms with E-state index in [4.69, 9.17) is 0 Å². The Labute approximate surface area is 119 Å². The highest BCUT2D eigenvalue weighted by molar-refractivity contribution is 9.09. The van der Waals surface area contributed by atoms with Gasteiger partial charge in [0.25, 0.3) is 6.43 Å². The summed E-state index contributed by atoms with van der Waals surface area (Å²) in [5.74, 6) is -0.213. The zero-order chi connectivity index (χ0) is 14.1. The molecule has 0 spiro atoms. The average molecular weight is 336 g/mol. The number of halogens is 3. The van der Waals surface area contributed by atoms with Crippen molar-refractivity contribution in [3.63, 3.8) is 0 Å². The molecule has 0 aliphatic carbocycles. The van der Waals surface area contributed by atoms with Gasteiger partial charge in [0.2, 0.25) is 5.91 Å². The van der Waals surface area contributed by atoms with Crippen LogP contribution in [0.5, 0.6) is 0 Å². The van der Waals surface area contributed by atoms with E-state index < -0.39 is 13.0 Å². The Balaban J connectivity index is 2.16. The second-order valence-electron chi connectivity index (χ2n) is 3.90. The molecule has 0 fully saturated rings. The van der Waals surface area contributed by atoms with Gasteiger partial charge in [0, 0.05) is 13.0 Å². The van der Waals surface area contributed by atoms with Crippen molar-refractivity contribution in [2.45, 2.75) is 17.7 Å². The number of rotatable bonds is 8. The van der Waals surface area contributed by atoms with E-state index in [1.54, 1.807) is 0 Å². The molecule has 0 radical (unpaired) electrons. The largest absolute Gasteiger partial charge is 0.375 e. The Hall–Kier alpha value is -1.01. The summed E-state index contributed by atoms with van der Waals surface area (Å²) >= 11 is 3.47. The molecule has 0 bridgehead atoms. The first kappa shape index (κ1) is 16.0. The van der Waals surface area contributed by atoms with Crippen LogP contribution < -0.4 is 5.32 Å². The SMILES string of the molecule is O=C(CCOCC(F)F)NCC(Br)c1ccccc1. The molecule has 0 aliphatic rings. The maximum Gasteiger partial charge on any atom is 0.261 e. The van der Waals surface area contributed by atoms with Crippen molar-refractivity contribution in [3.8, 4) is 0 Å². The van der Waals surface area contributed by atoms with Gasteiger partial charge in [-0.2, -0.15) is 0 Å². The number of amides is 1. The average Bonchev–Trinajstić information content (AvgIpc) is 2.41. The zero-order valence-electron chi connectivity index (χ0n) is 10.3. The summed E-state index contributed by atoms with van der Waals surface area (Å²) in [5.41, 5.74) is 1.07. The topological polar surface area (TPSA) is 38.3 Å². The van der Waals surface area contributed by atoms with E-state index in [1.807, 2.05) is 30.3 Å². The minimum atomic E-state index is -2.49. The van der Waals surface area contributed by atoms with Crippen LogP contribution in [0.3, 0.4) is 0 Å². The lowest BCUT2D eigenvalue weighted by Crippen LogP contribution is -2.27. The highest BCUT2D eigenvalue weighted by atomic mass is 79.9. The van der Waals surface area contributed by atoms with Gasteiger partial charge in [0.1, 0.15) is 6.61 Å². The summed E-state index contributed by atoms with van der Waals surface area (Å²) in [4.78, 5) is 11.5. The van der Waals surface area contributed by atoms with Crippen molar-refractivity contribution >= 4 is 21.8 Å². The standard InChI is InChI=1S/C13H16BrF2NO2/c14-11(10-4-2-1-3-5-10)8-17-13(18)6-7-19-9-12(15)16/h1-5,11-12H,6-9H2,(H,17,18). The first-order valence-electron chi connectivity index (χ1n) is 5.91. The predicted octanol–water partition coefficient (Wildman–Crippen LogP) is 2.91. The fourth-order valence-electron chi connectivity index (χ4n) is 1.41. The van der Waals surface area contributed by atoms with Crippen LogP contribution >= 0.6 is 15.9 Å². The molecule has 1 amide bonds. The molecule has 1 atom stereocenters. The van der Waals surface area contributed by atoms with Crippen molar-refractivity contribution in [2.24, 2.45) is 0 Å². The lowest BCUT2D eigenvalue weighted by molar-refractivity contribution is -0.122. The Morgan fingerprint density at radius 3 is 2.63 bits per heavy atom. The molecule has 106 valence electrons. The van der Waals surface area contributed by atoms with E-state index in [0.29, 0.717) is 6.54 Å². The minimum absolute atomic E-state index is 0.00840. The Morgan fingerprint density at radius 2 is 2.00 bits per heavy atom. The summed E-state index contributed by atoms with van der Waals surface area (Å²) in [6.45, 7) is -0.176. The second kappa shape index (κ2) is 8.98. The monoisotopic (exact) mass is 335 g/mol. The van der Waals surface area contributed by atoms with Crippen molar-refractivity contribution in [1.29, 1.82) is 0 Å². The fourth-order valence-corrected chi connectivity index (χ4v) is 1.88. The van der Waals surface area contributed by atoms with Gasteiger partial charge >= 0.3 is 0 Å². The zero-order valence-corrected chi connectivity index (χ0v) is 11.9. The van der Waals surface area contributed by atoms with E-state index in [0.717, 1.165) is 5.56 Å². The Morgan fingerprint density at radius 1 is 1.32 bits per heavy atom. The van der Waals surface area contributed by atoms with Gasteiger partial charge in [-0.1, -0.05) is 46.3 Å². The van der Waals surface area contributed by atoms with Crippen LogP contribution in [0.15, 0.2) is 30.3 Å². The number of hydrogen-bond donors (Lipinski definition) is 1. The number of ether oxygens (including phenoxy) is 1. The first-order chi connectivity index (χ1) is 9.09. The lowest BCUT2D eigenvalue weighted by atomic mass is 10.1. The molecule has 0 heterocycles. The molecule has 1 aromatic carbocycles. The minimum Gasteiger partial charge on any atom is -0.375 e. The highest BCUT2D eigenvalue weighted by Gasteiger charge is 2.09. The molecule has 1 aromatic rings. The van der Waals surface area contributed by atoms with Gasteiger partial charge in [-0.05, 0) is 5.56 Å². The molecule has 0 aliphatic heterocycles. The summed E-state index contributed by atoms with van der Waals surface area (Å²) < 4.78 is 28.2. The maximum absolute atomic E-state index is 11.8. The summed E-state index contributed by atoms with van der Waals surface area (Å²) in [6, 6.07) is 9.67.